The number of imide groups is 1. The van der Waals surface area contributed by atoms with Crippen molar-refractivity contribution in [1.29, 1.82) is 0 Å². The summed E-state index contributed by atoms with van der Waals surface area (Å²) in [6.07, 6.45) is 9.47. The lowest BCUT2D eigenvalue weighted by Crippen LogP contribution is -2.31. The fraction of sp³-hybridized carbons (Fsp3) is 0.350. The van der Waals surface area contributed by atoms with Gasteiger partial charge in [-0.3, -0.25) is 4.79 Å². The number of pyridine rings is 1. The van der Waals surface area contributed by atoms with Gasteiger partial charge in [-0.15, -0.1) is 0 Å². The van der Waals surface area contributed by atoms with Crippen LogP contribution >= 0.6 is 0 Å². The van der Waals surface area contributed by atoms with Gasteiger partial charge in [-0.05, 0) is 31.4 Å². The van der Waals surface area contributed by atoms with Gasteiger partial charge in [0.25, 0.3) is 5.91 Å². The fourth-order valence-corrected chi connectivity index (χ4v) is 3.48. The maximum absolute atomic E-state index is 12.3. The molecule has 1 N–H and O–H groups in total. The van der Waals surface area contributed by atoms with E-state index in [1.807, 2.05) is 19.1 Å². The van der Waals surface area contributed by atoms with E-state index in [-0.39, 0.29) is 12.0 Å². The molecule has 1 aliphatic carbocycles. The highest BCUT2D eigenvalue weighted by Gasteiger charge is 2.38. The third kappa shape index (κ3) is 2.99. The lowest BCUT2D eigenvalue weighted by molar-refractivity contribution is -0.118. The number of amides is 3. The van der Waals surface area contributed by atoms with Crippen LogP contribution in [-0.4, -0.2) is 29.1 Å². The number of fused-ring (bicyclic) bond motifs is 1. The average molecular weight is 367 g/mol. The molecule has 0 radical (unpaired) electrons. The Kier molecular flexibility index (Phi) is 4.43. The summed E-state index contributed by atoms with van der Waals surface area (Å²) >= 11 is 0. The summed E-state index contributed by atoms with van der Waals surface area (Å²) < 4.78 is 11.7. The van der Waals surface area contributed by atoms with Gasteiger partial charge in [0.05, 0.1) is 18.1 Å². The monoisotopic (exact) mass is 367 g/mol. The number of rotatable bonds is 5. The Balaban J connectivity index is 1.55. The van der Waals surface area contributed by atoms with Crippen LogP contribution in [-0.2, 0) is 9.53 Å². The maximum Gasteiger partial charge on any atom is 0.329 e. The first-order chi connectivity index (χ1) is 13.1. The van der Waals surface area contributed by atoms with Gasteiger partial charge in [0, 0.05) is 17.2 Å². The van der Waals surface area contributed by atoms with Gasteiger partial charge in [0.2, 0.25) is 5.88 Å². The molecular weight excluding hydrogens is 346 g/mol. The SMILES string of the molecule is CCC1OC=C2CC=CC(Oc3ccc(N4C(=O)N[C@H](CC)C4=O)cn3)=C21. The molecule has 0 aromatic carbocycles. The third-order valence-corrected chi connectivity index (χ3v) is 4.91. The summed E-state index contributed by atoms with van der Waals surface area (Å²) in [7, 11) is 0. The van der Waals surface area contributed by atoms with Crippen molar-refractivity contribution in [2.24, 2.45) is 0 Å². The van der Waals surface area contributed by atoms with Gasteiger partial charge < -0.3 is 14.8 Å². The number of carbonyl (C=O) groups excluding carboxylic acids is 2. The van der Waals surface area contributed by atoms with Crippen molar-refractivity contribution in [3.63, 3.8) is 0 Å². The topological polar surface area (TPSA) is 80.8 Å². The minimum Gasteiger partial charge on any atom is -0.493 e. The number of anilines is 1. The molecule has 1 aromatic rings. The zero-order valence-corrected chi connectivity index (χ0v) is 15.3. The lowest BCUT2D eigenvalue weighted by Gasteiger charge is -2.19. The average Bonchev–Trinajstić information content (AvgIpc) is 3.23. The van der Waals surface area contributed by atoms with E-state index in [2.05, 4.69) is 17.2 Å². The number of urea groups is 1. The molecule has 140 valence electrons. The van der Waals surface area contributed by atoms with Crippen molar-refractivity contribution < 1.29 is 19.1 Å². The van der Waals surface area contributed by atoms with Crippen molar-refractivity contribution in [1.82, 2.24) is 10.3 Å². The van der Waals surface area contributed by atoms with E-state index in [9.17, 15) is 9.59 Å². The summed E-state index contributed by atoms with van der Waals surface area (Å²) in [5.41, 5.74) is 2.61. The Morgan fingerprint density at radius 3 is 2.81 bits per heavy atom. The van der Waals surface area contributed by atoms with Crippen LogP contribution in [0.3, 0.4) is 0 Å². The first-order valence-electron chi connectivity index (χ1n) is 9.16. The summed E-state index contributed by atoms with van der Waals surface area (Å²) in [6, 6.07) is 2.41. The van der Waals surface area contributed by atoms with Crippen LogP contribution < -0.4 is 15.0 Å². The molecular formula is C20H21N3O4. The van der Waals surface area contributed by atoms with Crippen LogP contribution in [0.4, 0.5) is 10.5 Å². The second kappa shape index (κ2) is 6.90. The van der Waals surface area contributed by atoms with Crippen LogP contribution in [0.2, 0.25) is 0 Å². The molecule has 0 spiro atoms. The van der Waals surface area contributed by atoms with Gasteiger partial charge in [-0.25, -0.2) is 14.7 Å². The molecule has 3 amide bonds. The number of nitrogens with one attached hydrogen (secondary N) is 1. The van der Waals surface area contributed by atoms with E-state index in [4.69, 9.17) is 9.47 Å². The van der Waals surface area contributed by atoms with Gasteiger partial charge in [0.1, 0.15) is 17.9 Å². The Morgan fingerprint density at radius 2 is 2.15 bits per heavy atom. The second-order valence-corrected chi connectivity index (χ2v) is 6.60. The number of carbonyl (C=O) groups is 2. The second-order valence-electron chi connectivity index (χ2n) is 6.60. The smallest absolute Gasteiger partial charge is 0.329 e. The zero-order chi connectivity index (χ0) is 19.0. The number of ether oxygens (including phenoxy) is 2. The van der Waals surface area contributed by atoms with Crippen molar-refractivity contribution in [3.05, 3.63) is 53.6 Å². The van der Waals surface area contributed by atoms with E-state index in [1.165, 1.54) is 6.20 Å². The number of aromatic nitrogens is 1. The molecule has 3 aliphatic rings. The molecule has 2 atom stereocenters. The molecule has 4 rings (SSSR count). The lowest BCUT2D eigenvalue weighted by atomic mass is 9.94. The molecule has 7 nitrogen and oxygen atoms in total. The molecule has 7 heteroatoms. The number of allylic oxidation sites excluding steroid dienone is 2. The van der Waals surface area contributed by atoms with Crippen molar-refractivity contribution in [3.8, 4) is 5.88 Å². The van der Waals surface area contributed by atoms with Crippen molar-refractivity contribution in [2.75, 3.05) is 4.90 Å². The number of nitrogens with zero attached hydrogens (tertiary/aromatic N) is 2. The molecule has 1 saturated heterocycles. The van der Waals surface area contributed by atoms with Crippen LogP contribution in [0, 0.1) is 0 Å². The number of hydrogen-bond donors (Lipinski definition) is 1. The predicted molar refractivity (Wildman–Crippen MR) is 99.0 cm³/mol. The highest BCUT2D eigenvalue weighted by molar-refractivity contribution is 6.21. The molecule has 1 aromatic heterocycles. The summed E-state index contributed by atoms with van der Waals surface area (Å²) in [4.78, 5) is 29.7. The van der Waals surface area contributed by atoms with Gasteiger partial charge in [-0.1, -0.05) is 19.9 Å². The van der Waals surface area contributed by atoms with E-state index in [1.54, 1.807) is 18.4 Å². The van der Waals surface area contributed by atoms with E-state index in [0.29, 0.717) is 18.0 Å². The Hall–Kier alpha value is -3.09. The zero-order valence-electron chi connectivity index (χ0n) is 15.3. The van der Waals surface area contributed by atoms with Crippen molar-refractivity contribution >= 4 is 17.6 Å². The first-order valence-corrected chi connectivity index (χ1v) is 9.16. The molecule has 0 saturated carbocycles. The Labute approximate surface area is 157 Å². The maximum atomic E-state index is 12.3. The van der Waals surface area contributed by atoms with Gasteiger partial charge in [0.15, 0.2) is 0 Å². The molecule has 3 heterocycles. The largest absolute Gasteiger partial charge is 0.493 e. The minimum absolute atomic E-state index is 0.00359. The van der Waals surface area contributed by atoms with Crippen LogP contribution in [0.5, 0.6) is 5.88 Å². The highest BCUT2D eigenvalue weighted by atomic mass is 16.5. The third-order valence-electron chi connectivity index (χ3n) is 4.91. The standard InChI is InChI=1S/C20H21N3O4/c1-3-14-19(24)23(20(25)22-14)13-8-9-17(21-10-13)27-16-7-5-6-12-11-26-15(4-2)18(12)16/h5,7-11,14-15H,3-4,6H2,1-2H3,(H,22,25)/t14-,15?/m1/s1. The summed E-state index contributed by atoms with van der Waals surface area (Å²) in [6.45, 7) is 3.92. The molecule has 1 fully saturated rings. The molecule has 27 heavy (non-hydrogen) atoms. The molecule has 1 unspecified atom stereocenters. The highest BCUT2D eigenvalue weighted by Crippen LogP contribution is 2.36. The Morgan fingerprint density at radius 1 is 1.30 bits per heavy atom. The normalized spacial score (nSPS) is 23.9. The fourth-order valence-electron chi connectivity index (χ4n) is 3.48. The van der Waals surface area contributed by atoms with Gasteiger partial charge in [-0.2, -0.15) is 0 Å². The quantitative estimate of drug-likeness (QED) is 0.809. The predicted octanol–water partition coefficient (Wildman–Crippen LogP) is 3.20. The van der Waals surface area contributed by atoms with E-state index >= 15 is 0 Å². The number of hydrogen-bond acceptors (Lipinski definition) is 5. The molecule has 0 bridgehead atoms. The first kappa shape index (κ1) is 17.3. The van der Waals surface area contributed by atoms with E-state index < -0.39 is 12.1 Å². The van der Waals surface area contributed by atoms with Crippen molar-refractivity contribution in [2.45, 2.75) is 45.3 Å². The van der Waals surface area contributed by atoms with E-state index in [0.717, 1.165) is 34.6 Å². The minimum atomic E-state index is -0.480. The summed E-state index contributed by atoms with van der Waals surface area (Å²) in [5.74, 6) is 0.855. The Bertz CT molecular complexity index is 870. The molecule has 2 aliphatic heterocycles. The van der Waals surface area contributed by atoms with Crippen LogP contribution in [0.25, 0.3) is 0 Å². The summed E-state index contributed by atoms with van der Waals surface area (Å²) in [5, 5.41) is 2.66. The van der Waals surface area contributed by atoms with Crippen LogP contribution in [0.15, 0.2) is 53.6 Å². The van der Waals surface area contributed by atoms with Gasteiger partial charge >= 0.3 is 6.03 Å². The van der Waals surface area contributed by atoms with Crippen LogP contribution in [0.1, 0.15) is 33.1 Å².